The van der Waals surface area contributed by atoms with Gasteiger partial charge in [0.1, 0.15) is 0 Å². The molecule has 2 aliphatic heterocycles. The molecule has 2 saturated heterocycles. The minimum Gasteiger partial charge on any atom is -0.356 e. The van der Waals surface area contributed by atoms with Crippen molar-refractivity contribution in [2.45, 2.75) is 37.1 Å². The molecule has 1 atom stereocenters. The Morgan fingerprint density at radius 3 is 2.23 bits per heavy atom. The highest BCUT2D eigenvalue weighted by Gasteiger charge is 2.33. The van der Waals surface area contributed by atoms with Crippen LogP contribution in [0.1, 0.15) is 31.2 Å². The zero-order chi connectivity index (χ0) is 24.5. The summed E-state index contributed by atoms with van der Waals surface area (Å²) in [5.74, 6) is -0.299. The molecule has 0 radical (unpaired) electrons. The van der Waals surface area contributed by atoms with E-state index in [9.17, 15) is 13.2 Å². The van der Waals surface area contributed by atoms with Crippen molar-refractivity contribution in [2.24, 2.45) is 5.92 Å². The topological polar surface area (TPSA) is 73.0 Å². The van der Waals surface area contributed by atoms with Crippen LogP contribution in [0.2, 0.25) is 0 Å². The fourth-order valence-corrected chi connectivity index (χ4v) is 6.49. The Morgan fingerprint density at radius 1 is 0.857 bits per heavy atom. The highest BCUT2D eigenvalue weighted by molar-refractivity contribution is 7.89. The summed E-state index contributed by atoms with van der Waals surface area (Å²) >= 11 is 0. The lowest BCUT2D eigenvalue weighted by atomic mass is 9.99. The summed E-state index contributed by atoms with van der Waals surface area (Å²) in [7, 11) is -3.55. The first-order chi connectivity index (χ1) is 17.0. The minimum atomic E-state index is -3.55. The molecular weight excluding hydrogens is 460 g/mol. The van der Waals surface area contributed by atoms with Gasteiger partial charge in [-0.3, -0.25) is 9.69 Å². The molecule has 2 fully saturated rings. The van der Waals surface area contributed by atoms with Gasteiger partial charge >= 0.3 is 0 Å². The molecular formula is C27H38N4O3S. The van der Waals surface area contributed by atoms with Crippen molar-refractivity contribution in [3.63, 3.8) is 0 Å². The van der Waals surface area contributed by atoms with Crippen molar-refractivity contribution in [1.82, 2.24) is 19.4 Å². The van der Waals surface area contributed by atoms with E-state index in [1.807, 2.05) is 0 Å². The van der Waals surface area contributed by atoms with Crippen LogP contribution in [0.3, 0.4) is 0 Å². The normalized spacial score (nSPS) is 20.5. The van der Waals surface area contributed by atoms with Crippen LogP contribution in [-0.2, 0) is 21.4 Å². The number of carbonyl (C=O) groups is 1. The molecule has 0 aliphatic carbocycles. The molecule has 190 valence electrons. The zero-order valence-electron chi connectivity index (χ0n) is 20.5. The van der Waals surface area contributed by atoms with E-state index >= 15 is 0 Å². The number of carbonyl (C=O) groups excluding carboxylic acids is 1. The quantitative estimate of drug-likeness (QED) is 0.510. The number of sulfonamides is 1. The summed E-state index contributed by atoms with van der Waals surface area (Å²) in [5, 5.41) is 3.05. The predicted molar refractivity (Wildman–Crippen MR) is 138 cm³/mol. The van der Waals surface area contributed by atoms with Crippen LogP contribution >= 0.6 is 0 Å². The molecule has 2 aromatic carbocycles. The maximum absolute atomic E-state index is 12.9. The average molecular weight is 499 g/mol. The van der Waals surface area contributed by atoms with Gasteiger partial charge < -0.3 is 10.2 Å². The molecule has 1 amide bonds. The number of nitrogens with one attached hydrogen (secondary N) is 1. The lowest BCUT2D eigenvalue weighted by molar-refractivity contribution is -0.126. The smallest absolute Gasteiger partial charge is 0.243 e. The van der Waals surface area contributed by atoms with Crippen LogP contribution in [0.4, 0.5) is 0 Å². The lowest BCUT2D eigenvalue weighted by Crippen LogP contribution is -2.46. The zero-order valence-corrected chi connectivity index (χ0v) is 21.3. The fourth-order valence-electron chi connectivity index (χ4n) is 4.95. The first-order valence-corrected chi connectivity index (χ1v) is 14.3. The van der Waals surface area contributed by atoms with Gasteiger partial charge in [0.2, 0.25) is 15.9 Å². The van der Waals surface area contributed by atoms with E-state index in [4.69, 9.17) is 0 Å². The van der Waals surface area contributed by atoms with Gasteiger partial charge in [-0.2, -0.15) is 4.31 Å². The maximum atomic E-state index is 12.9. The Balaban J connectivity index is 1.11. The van der Waals surface area contributed by atoms with Crippen molar-refractivity contribution >= 4 is 15.9 Å². The lowest BCUT2D eigenvalue weighted by Gasteiger charge is -2.34. The fraction of sp³-hybridized carbons (Fsp3) is 0.519. The molecule has 1 unspecified atom stereocenters. The Labute approximate surface area is 210 Å². The summed E-state index contributed by atoms with van der Waals surface area (Å²) in [6, 6.07) is 19.1. The molecule has 35 heavy (non-hydrogen) atoms. The number of unbranched alkanes of at least 4 members (excludes halogenated alkanes) is 1. The number of hydrogen-bond donors (Lipinski definition) is 1. The second-order valence-corrected chi connectivity index (χ2v) is 11.6. The standard InChI is InChI=1S/C27H38N4O3S/c32-27(25-12-9-17-31(23-25)35(33,34)26-13-5-2-6-14-26)28-15-7-8-16-29-18-20-30(21-19-29)22-24-10-3-1-4-11-24/h1-6,10-11,13-14,25H,7-9,12,15-23H2,(H,28,32). The first kappa shape index (κ1) is 25.8. The second-order valence-electron chi connectivity index (χ2n) is 9.62. The van der Waals surface area contributed by atoms with E-state index in [1.165, 1.54) is 9.87 Å². The molecule has 2 aliphatic rings. The van der Waals surface area contributed by atoms with Gasteiger partial charge in [0.05, 0.1) is 10.8 Å². The van der Waals surface area contributed by atoms with Crippen LogP contribution in [0.25, 0.3) is 0 Å². The molecule has 0 saturated carbocycles. The van der Waals surface area contributed by atoms with E-state index < -0.39 is 10.0 Å². The summed E-state index contributed by atoms with van der Waals surface area (Å²) in [4.78, 5) is 18.0. The molecule has 1 N–H and O–H groups in total. The van der Waals surface area contributed by atoms with Crippen LogP contribution in [0.15, 0.2) is 65.6 Å². The molecule has 4 rings (SSSR count). The van der Waals surface area contributed by atoms with Crippen LogP contribution in [0, 0.1) is 5.92 Å². The van der Waals surface area contributed by atoms with E-state index in [0.29, 0.717) is 24.4 Å². The van der Waals surface area contributed by atoms with Gasteiger partial charge in [-0.1, -0.05) is 48.5 Å². The van der Waals surface area contributed by atoms with E-state index in [2.05, 4.69) is 45.4 Å². The number of hydrogen-bond acceptors (Lipinski definition) is 5. The Bertz CT molecular complexity index is 1020. The van der Waals surface area contributed by atoms with Crippen LogP contribution < -0.4 is 5.32 Å². The maximum Gasteiger partial charge on any atom is 0.243 e. The number of benzene rings is 2. The third-order valence-corrected chi connectivity index (χ3v) is 8.93. The molecule has 2 aromatic rings. The summed E-state index contributed by atoms with van der Waals surface area (Å²) in [6.45, 7) is 7.82. The van der Waals surface area contributed by atoms with E-state index in [-0.39, 0.29) is 18.4 Å². The third kappa shape index (κ3) is 7.36. The van der Waals surface area contributed by atoms with Gasteiger partial charge in [0.15, 0.2) is 0 Å². The van der Waals surface area contributed by atoms with Crippen LogP contribution in [0.5, 0.6) is 0 Å². The number of amides is 1. The molecule has 2 heterocycles. The predicted octanol–water partition coefficient (Wildman–Crippen LogP) is 2.80. The van der Waals surface area contributed by atoms with Crippen molar-refractivity contribution in [3.05, 3.63) is 66.2 Å². The molecule has 7 nitrogen and oxygen atoms in total. The number of rotatable bonds is 10. The van der Waals surface area contributed by atoms with Gasteiger partial charge in [0, 0.05) is 52.4 Å². The van der Waals surface area contributed by atoms with Crippen molar-refractivity contribution < 1.29 is 13.2 Å². The molecule has 0 spiro atoms. The van der Waals surface area contributed by atoms with Crippen molar-refractivity contribution in [1.29, 1.82) is 0 Å². The van der Waals surface area contributed by atoms with Crippen molar-refractivity contribution in [2.75, 3.05) is 52.4 Å². The Hall–Kier alpha value is -2.26. The molecule has 0 aromatic heterocycles. The Kier molecular flexibility index (Phi) is 9.31. The highest BCUT2D eigenvalue weighted by Crippen LogP contribution is 2.23. The summed E-state index contributed by atoms with van der Waals surface area (Å²) in [5.41, 5.74) is 1.37. The summed E-state index contributed by atoms with van der Waals surface area (Å²) in [6.07, 6.45) is 3.44. The van der Waals surface area contributed by atoms with Gasteiger partial charge in [0.25, 0.3) is 0 Å². The number of piperazine rings is 1. The van der Waals surface area contributed by atoms with Crippen LogP contribution in [-0.4, -0.2) is 80.8 Å². The average Bonchev–Trinajstić information content (AvgIpc) is 2.90. The highest BCUT2D eigenvalue weighted by atomic mass is 32.2. The molecule has 8 heteroatoms. The van der Waals surface area contributed by atoms with Gasteiger partial charge in [-0.25, -0.2) is 8.42 Å². The van der Waals surface area contributed by atoms with E-state index in [1.54, 1.807) is 30.3 Å². The van der Waals surface area contributed by atoms with Gasteiger partial charge in [-0.15, -0.1) is 0 Å². The van der Waals surface area contributed by atoms with Gasteiger partial charge in [-0.05, 0) is 49.9 Å². The number of nitrogens with zero attached hydrogens (tertiary/aromatic N) is 3. The number of piperidine rings is 1. The summed E-state index contributed by atoms with van der Waals surface area (Å²) < 4.78 is 27.3. The van der Waals surface area contributed by atoms with Crippen molar-refractivity contribution in [3.8, 4) is 0 Å². The first-order valence-electron chi connectivity index (χ1n) is 12.8. The third-order valence-electron chi connectivity index (χ3n) is 7.05. The monoisotopic (exact) mass is 498 g/mol. The second kappa shape index (κ2) is 12.6. The SMILES string of the molecule is O=C(NCCCCN1CCN(Cc2ccccc2)CC1)C1CCCN(S(=O)(=O)c2ccccc2)C1. The Morgan fingerprint density at radius 2 is 1.51 bits per heavy atom. The largest absolute Gasteiger partial charge is 0.356 e. The van der Waals surface area contributed by atoms with E-state index in [0.717, 1.165) is 58.5 Å². The molecule has 0 bridgehead atoms. The minimum absolute atomic E-state index is 0.0208.